The van der Waals surface area contributed by atoms with Crippen LogP contribution in [0.1, 0.15) is 15.9 Å². The van der Waals surface area contributed by atoms with E-state index in [0.29, 0.717) is 28.3 Å². The number of carbonyl (C=O) groups excluding carboxylic acids is 1. The molecule has 0 aliphatic heterocycles. The first kappa shape index (κ1) is 18.7. The first-order valence-corrected chi connectivity index (χ1v) is 9.80. The number of carbonyl (C=O) groups is 1. The molecule has 5 rings (SSSR count). The van der Waals surface area contributed by atoms with Gasteiger partial charge in [-0.25, -0.2) is 14.6 Å². The average Bonchev–Trinajstić information content (AvgIpc) is 3.24. The summed E-state index contributed by atoms with van der Waals surface area (Å²) in [5, 5.41) is 15.9. The molecule has 6 heteroatoms. The van der Waals surface area contributed by atoms with E-state index in [1.165, 1.54) is 0 Å². The second kappa shape index (κ2) is 7.50. The van der Waals surface area contributed by atoms with E-state index in [0.717, 1.165) is 28.4 Å². The smallest absolute Gasteiger partial charge is 0.163 e. The van der Waals surface area contributed by atoms with Crippen molar-refractivity contribution < 1.29 is 9.90 Å². The minimum absolute atomic E-state index is 0.0652. The molecule has 150 valence electrons. The fourth-order valence-electron chi connectivity index (χ4n) is 3.63. The molecule has 2 aromatic carbocycles. The summed E-state index contributed by atoms with van der Waals surface area (Å²) in [5.41, 5.74) is 4.64. The summed E-state index contributed by atoms with van der Waals surface area (Å²) in [4.78, 5) is 21.0. The molecule has 0 amide bonds. The SMILES string of the molecule is Cc1ccc(O)c(-c2nn(-c3nc4ncccc4cc3-c3ccccc3)cc2C=O)c1. The molecule has 0 atom stereocenters. The second-order valence-corrected chi connectivity index (χ2v) is 7.29. The summed E-state index contributed by atoms with van der Waals surface area (Å²) < 4.78 is 1.58. The van der Waals surface area contributed by atoms with E-state index in [2.05, 4.69) is 10.1 Å². The Labute approximate surface area is 178 Å². The van der Waals surface area contributed by atoms with E-state index in [4.69, 9.17) is 4.98 Å². The van der Waals surface area contributed by atoms with Crippen molar-refractivity contribution in [2.45, 2.75) is 6.92 Å². The summed E-state index contributed by atoms with van der Waals surface area (Å²) in [5.74, 6) is 0.620. The Bertz CT molecular complexity index is 1420. The fraction of sp³-hybridized carbons (Fsp3) is 0.0400. The number of aromatic nitrogens is 4. The summed E-state index contributed by atoms with van der Waals surface area (Å²) >= 11 is 0. The van der Waals surface area contributed by atoms with Crippen LogP contribution in [0.3, 0.4) is 0 Å². The highest BCUT2D eigenvalue weighted by molar-refractivity contribution is 5.89. The lowest BCUT2D eigenvalue weighted by atomic mass is 10.0. The Kier molecular flexibility index (Phi) is 4.52. The zero-order valence-electron chi connectivity index (χ0n) is 16.7. The maximum absolute atomic E-state index is 11.8. The molecule has 0 spiro atoms. The maximum Gasteiger partial charge on any atom is 0.163 e. The highest BCUT2D eigenvalue weighted by atomic mass is 16.3. The molecule has 0 saturated heterocycles. The van der Waals surface area contributed by atoms with E-state index in [1.807, 2.05) is 61.5 Å². The highest BCUT2D eigenvalue weighted by Gasteiger charge is 2.19. The number of hydrogen-bond donors (Lipinski definition) is 1. The lowest BCUT2D eigenvalue weighted by Crippen LogP contribution is -2.03. The van der Waals surface area contributed by atoms with Gasteiger partial charge >= 0.3 is 0 Å². The Balaban J connectivity index is 1.77. The molecule has 1 N–H and O–H groups in total. The molecule has 3 heterocycles. The molecule has 0 aliphatic carbocycles. The van der Waals surface area contributed by atoms with Gasteiger partial charge in [0.25, 0.3) is 0 Å². The number of nitrogens with zero attached hydrogens (tertiary/aromatic N) is 4. The Morgan fingerprint density at radius 2 is 1.81 bits per heavy atom. The van der Waals surface area contributed by atoms with Crippen molar-refractivity contribution in [3.63, 3.8) is 0 Å². The second-order valence-electron chi connectivity index (χ2n) is 7.29. The zero-order valence-corrected chi connectivity index (χ0v) is 16.7. The van der Waals surface area contributed by atoms with Gasteiger partial charge in [-0.15, -0.1) is 0 Å². The van der Waals surface area contributed by atoms with E-state index < -0.39 is 0 Å². The summed E-state index contributed by atoms with van der Waals surface area (Å²) in [7, 11) is 0. The molecule has 31 heavy (non-hydrogen) atoms. The number of benzene rings is 2. The summed E-state index contributed by atoms with van der Waals surface area (Å²) in [6.45, 7) is 1.92. The standard InChI is InChI=1S/C25H18N4O2/c1-16-9-10-22(31)21(12-16)23-19(15-30)14-29(28-23)25-20(17-6-3-2-4-7-17)13-18-8-5-11-26-24(18)27-25/h2-15,31H,1H3. The summed E-state index contributed by atoms with van der Waals surface area (Å²) in [6.07, 6.45) is 4.06. The molecular formula is C25H18N4O2. The first-order chi connectivity index (χ1) is 15.1. The predicted molar refractivity (Wildman–Crippen MR) is 119 cm³/mol. The van der Waals surface area contributed by atoms with Crippen LogP contribution >= 0.6 is 0 Å². The van der Waals surface area contributed by atoms with E-state index in [1.54, 1.807) is 29.2 Å². The number of pyridine rings is 2. The molecular weight excluding hydrogens is 388 g/mol. The van der Waals surface area contributed by atoms with Crippen LogP contribution in [-0.4, -0.2) is 31.1 Å². The largest absolute Gasteiger partial charge is 0.507 e. The van der Waals surface area contributed by atoms with Gasteiger partial charge in [0.2, 0.25) is 0 Å². The van der Waals surface area contributed by atoms with Gasteiger partial charge in [-0.3, -0.25) is 4.79 Å². The first-order valence-electron chi connectivity index (χ1n) is 9.80. The predicted octanol–water partition coefficient (Wildman–Crippen LogP) is 4.98. The number of hydrogen-bond acceptors (Lipinski definition) is 5. The van der Waals surface area contributed by atoms with Crippen LogP contribution in [0.4, 0.5) is 0 Å². The third-order valence-corrected chi connectivity index (χ3v) is 5.15. The van der Waals surface area contributed by atoms with E-state index in [-0.39, 0.29) is 5.75 Å². The van der Waals surface area contributed by atoms with Crippen LogP contribution in [0.15, 0.2) is 79.1 Å². The third kappa shape index (κ3) is 3.34. The van der Waals surface area contributed by atoms with Crippen molar-refractivity contribution in [3.05, 3.63) is 90.3 Å². The van der Waals surface area contributed by atoms with Crippen LogP contribution in [0, 0.1) is 6.92 Å². The quantitative estimate of drug-likeness (QED) is 0.426. The fourth-order valence-corrected chi connectivity index (χ4v) is 3.63. The Morgan fingerprint density at radius 1 is 0.968 bits per heavy atom. The van der Waals surface area contributed by atoms with E-state index >= 15 is 0 Å². The van der Waals surface area contributed by atoms with Crippen LogP contribution in [-0.2, 0) is 0 Å². The van der Waals surface area contributed by atoms with E-state index in [9.17, 15) is 9.90 Å². The number of phenols is 1. The van der Waals surface area contributed by atoms with Gasteiger partial charge in [0, 0.05) is 28.9 Å². The minimum Gasteiger partial charge on any atom is -0.507 e. The van der Waals surface area contributed by atoms with Gasteiger partial charge in [0.15, 0.2) is 17.8 Å². The number of aromatic hydroxyl groups is 1. The normalized spacial score (nSPS) is 11.0. The molecule has 0 fully saturated rings. The van der Waals surface area contributed by atoms with Gasteiger partial charge < -0.3 is 5.11 Å². The van der Waals surface area contributed by atoms with Gasteiger partial charge in [-0.1, -0.05) is 42.0 Å². The monoisotopic (exact) mass is 406 g/mol. The number of rotatable bonds is 4. The van der Waals surface area contributed by atoms with Crippen molar-refractivity contribution in [1.82, 2.24) is 19.7 Å². The third-order valence-electron chi connectivity index (χ3n) is 5.15. The van der Waals surface area contributed by atoms with Crippen molar-refractivity contribution >= 4 is 17.3 Å². The van der Waals surface area contributed by atoms with Gasteiger partial charge in [-0.2, -0.15) is 5.10 Å². The number of fused-ring (bicyclic) bond motifs is 1. The lowest BCUT2D eigenvalue weighted by molar-refractivity contribution is 0.112. The molecule has 0 bridgehead atoms. The Morgan fingerprint density at radius 3 is 2.61 bits per heavy atom. The highest BCUT2D eigenvalue weighted by Crippen LogP contribution is 2.33. The van der Waals surface area contributed by atoms with Gasteiger partial charge in [-0.05, 0) is 42.8 Å². The number of aryl methyl sites for hydroxylation is 1. The molecule has 0 aliphatic rings. The molecule has 5 aromatic rings. The molecule has 3 aromatic heterocycles. The molecule has 6 nitrogen and oxygen atoms in total. The van der Waals surface area contributed by atoms with Crippen molar-refractivity contribution in [1.29, 1.82) is 0 Å². The van der Waals surface area contributed by atoms with Crippen LogP contribution in [0.25, 0.3) is 39.2 Å². The lowest BCUT2D eigenvalue weighted by Gasteiger charge is -2.11. The Hall–Kier alpha value is -4.32. The number of aldehydes is 1. The van der Waals surface area contributed by atoms with Crippen LogP contribution < -0.4 is 0 Å². The van der Waals surface area contributed by atoms with Crippen LogP contribution in [0.2, 0.25) is 0 Å². The number of phenolic OH excluding ortho intramolecular Hbond substituents is 1. The molecule has 0 radical (unpaired) electrons. The van der Waals surface area contributed by atoms with Gasteiger partial charge in [0.05, 0.1) is 5.56 Å². The molecule has 0 saturated carbocycles. The van der Waals surface area contributed by atoms with Crippen molar-refractivity contribution in [2.75, 3.05) is 0 Å². The van der Waals surface area contributed by atoms with Crippen molar-refractivity contribution in [3.8, 4) is 34.0 Å². The van der Waals surface area contributed by atoms with Crippen LogP contribution in [0.5, 0.6) is 5.75 Å². The molecule has 0 unspecified atom stereocenters. The maximum atomic E-state index is 11.8. The topological polar surface area (TPSA) is 80.9 Å². The average molecular weight is 406 g/mol. The van der Waals surface area contributed by atoms with Crippen molar-refractivity contribution in [2.24, 2.45) is 0 Å². The zero-order chi connectivity index (χ0) is 21.4. The van der Waals surface area contributed by atoms with Gasteiger partial charge in [0.1, 0.15) is 11.4 Å². The summed E-state index contributed by atoms with van der Waals surface area (Å²) in [6, 6.07) is 20.9. The minimum atomic E-state index is 0.0652.